The van der Waals surface area contributed by atoms with Crippen LogP contribution in [0, 0.1) is 5.41 Å². The van der Waals surface area contributed by atoms with Gasteiger partial charge in [0.05, 0.1) is 15.9 Å². The van der Waals surface area contributed by atoms with E-state index < -0.39 is 0 Å². The van der Waals surface area contributed by atoms with Crippen molar-refractivity contribution in [2.24, 2.45) is 12.5 Å². The van der Waals surface area contributed by atoms with Crippen molar-refractivity contribution in [3.8, 4) is 0 Å². The average molecular weight is 358 g/mol. The summed E-state index contributed by atoms with van der Waals surface area (Å²) >= 11 is 3.75. The Morgan fingerprint density at radius 1 is 1.19 bits per heavy atom. The van der Waals surface area contributed by atoms with Crippen molar-refractivity contribution in [3.63, 3.8) is 0 Å². The molecule has 0 radical (unpaired) electrons. The first-order valence-corrected chi connectivity index (χ1v) is 8.86. The Bertz CT molecular complexity index is 459. The number of hydrogen-bond acceptors (Lipinski definition) is 2. The number of aryl methyl sites for hydroxylation is 2. The van der Waals surface area contributed by atoms with Gasteiger partial charge in [-0.05, 0) is 61.4 Å². The molecule has 0 aliphatic rings. The summed E-state index contributed by atoms with van der Waals surface area (Å²) in [6.07, 6.45) is 4.45. The molecule has 0 saturated heterocycles. The maximum atomic E-state index is 4.63. The fourth-order valence-corrected chi connectivity index (χ4v) is 3.49. The molecule has 4 heteroatoms. The van der Waals surface area contributed by atoms with Crippen LogP contribution in [-0.4, -0.2) is 21.9 Å². The second kappa shape index (κ2) is 7.28. The van der Waals surface area contributed by atoms with E-state index in [2.05, 4.69) is 74.9 Å². The smallest absolute Gasteiger partial charge is 0.0766 e. The Balaban J connectivity index is 2.94. The van der Waals surface area contributed by atoms with Gasteiger partial charge in [-0.2, -0.15) is 5.10 Å². The van der Waals surface area contributed by atoms with Gasteiger partial charge in [-0.25, -0.2) is 0 Å². The monoisotopic (exact) mass is 357 g/mol. The van der Waals surface area contributed by atoms with Crippen LogP contribution in [-0.2, 0) is 19.9 Å². The quantitative estimate of drug-likeness (QED) is 0.779. The highest BCUT2D eigenvalue weighted by Gasteiger charge is 2.28. The van der Waals surface area contributed by atoms with Gasteiger partial charge in [-0.15, -0.1) is 0 Å². The summed E-state index contributed by atoms with van der Waals surface area (Å²) < 4.78 is 3.25. The molecule has 1 atom stereocenters. The van der Waals surface area contributed by atoms with Gasteiger partial charge in [-0.3, -0.25) is 4.68 Å². The number of hydrogen-bond donors (Lipinski definition) is 1. The third kappa shape index (κ3) is 5.41. The Labute approximate surface area is 139 Å². The van der Waals surface area contributed by atoms with Crippen LogP contribution in [0.3, 0.4) is 0 Å². The second-order valence-corrected chi connectivity index (χ2v) is 8.32. The van der Waals surface area contributed by atoms with E-state index in [0.29, 0.717) is 0 Å². The molecule has 3 nitrogen and oxygen atoms in total. The molecule has 21 heavy (non-hydrogen) atoms. The van der Waals surface area contributed by atoms with Gasteiger partial charge in [0, 0.05) is 19.1 Å². The number of rotatable bonds is 7. The Hall–Kier alpha value is -0.350. The average Bonchev–Trinajstić information content (AvgIpc) is 2.63. The molecule has 0 fully saturated rings. The molecule has 1 N–H and O–H groups in total. The van der Waals surface area contributed by atoms with Gasteiger partial charge < -0.3 is 5.32 Å². The Morgan fingerprint density at radius 2 is 1.81 bits per heavy atom. The molecule has 0 amide bonds. The van der Waals surface area contributed by atoms with Crippen molar-refractivity contribution in [3.05, 3.63) is 15.9 Å². The van der Waals surface area contributed by atoms with Crippen LogP contribution in [0.1, 0.15) is 65.8 Å². The lowest BCUT2D eigenvalue weighted by molar-refractivity contribution is 0.239. The van der Waals surface area contributed by atoms with Gasteiger partial charge in [0.15, 0.2) is 0 Å². The van der Waals surface area contributed by atoms with Crippen molar-refractivity contribution in [1.29, 1.82) is 0 Å². The highest BCUT2D eigenvalue weighted by atomic mass is 79.9. The molecule has 1 aromatic rings. The van der Waals surface area contributed by atoms with E-state index in [9.17, 15) is 0 Å². The second-order valence-electron chi connectivity index (χ2n) is 7.53. The van der Waals surface area contributed by atoms with Crippen LogP contribution in [0.4, 0.5) is 0 Å². The Morgan fingerprint density at radius 3 is 2.24 bits per heavy atom. The summed E-state index contributed by atoms with van der Waals surface area (Å²) in [4.78, 5) is 0. The van der Waals surface area contributed by atoms with Crippen LogP contribution < -0.4 is 5.32 Å². The standard InChI is InChI=1S/C17H32BrN3/c1-8-10-17(6,12-19-16(3,4)5)11-14-15(18)13(9-2)20-21(14)7/h19H,8-12H2,1-7H3. The number of nitrogens with zero attached hydrogens (tertiary/aromatic N) is 2. The van der Waals surface area contributed by atoms with Crippen LogP contribution in [0.25, 0.3) is 0 Å². The van der Waals surface area contributed by atoms with Crippen molar-refractivity contribution < 1.29 is 0 Å². The predicted molar refractivity (Wildman–Crippen MR) is 94.8 cm³/mol. The zero-order valence-electron chi connectivity index (χ0n) is 14.8. The van der Waals surface area contributed by atoms with Gasteiger partial charge in [0.2, 0.25) is 0 Å². The van der Waals surface area contributed by atoms with E-state index in [1.165, 1.54) is 23.0 Å². The van der Waals surface area contributed by atoms with Gasteiger partial charge in [0.25, 0.3) is 0 Å². The van der Waals surface area contributed by atoms with E-state index in [0.717, 1.165) is 25.1 Å². The summed E-state index contributed by atoms with van der Waals surface area (Å²) in [5, 5.41) is 8.31. The first-order valence-electron chi connectivity index (χ1n) is 8.07. The van der Waals surface area contributed by atoms with Crippen LogP contribution in [0.5, 0.6) is 0 Å². The summed E-state index contributed by atoms with van der Waals surface area (Å²) in [5.41, 5.74) is 2.89. The molecule has 0 spiro atoms. The molecule has 0 bridgehead atoms. The largest absolute Gasteiger partial charge is 0.312 e. The van der Waals surface area contributed by atoms with Crippen LogP contribution in [0.2, 0.25) is 0 Å². The molecule has 1 aromatic heterocycles. The third-order valence-electron chi connectivity index (χ3n) is 4.00. The highest BCUT2D eigenvalue weighted by Crippen LogP contribution is 2.32. The SMILES string of the molecule is CCCC(C)(CNC(C)(C)C)Cc1c(Br)c(CC)nn1C. The van der Waals surface area contributed by atoms with Crippen molar-refractivity contribution >= 4 is 15.9 Å². The number of nitrogens with one attached hydrogen (secondary N) is 1. The molecule has 0 aliphatic heterocycles. The lowest BCUT2D eigenvalue weighted by Crippen LogP contribution is -2.44. The van der Waals surface area contributed by atoms with E-state index in [-0.39, 0.29) is 11.0 Å². The van der Waals surface area contributed by atoms with Crippen molar-refractivity contribution in [2.75, 3.05) is 6.54 Å². The van der Waals surface area contributed by atoms with Gasteiger partial charge >= 0.3 is 0 Å². The Kier molecular flexibility index (Phi) is 6.48. The number of halogens is 1. The molecule has 122 valence electrons. The fourth-order valence-electron chi connectivity index (χ4n) is 2.74. The highest BCUT2D eigenvalue weighted by molar-refractivity contribution is 9.10. The lowest BCUT2D eigenvalue weighted by atomic mass is 9.80. The molecule has 1 rings (SSSR count). The molecule has 0 aliphatic carbocycles. The molecular formula is C17H32BrN3. The summed E-state index contributed by atoms with van der Waals surface area (Å²) in [6, 6.07) is 0. The van der Waals surface area contributed by atoms with Gasteiger partial charge in [0.1, 0.15) is 0 Å². The van der Waals surface area contributed by atoms with Crippen LogP contribution >= 0.6 is 15.9 Å². The van der Waals surface area contributed by atoms with E-state index in [1.807, 2.05) is 4.68 Å². The number of aromatic nitrogens is 2. The lowest BCUT2D eigenvalue weighted by Gasteiger charge is -2.34. The molecule has 1 heterocycles. The molecular weight excluding hydrogens is 326 g/mol. The van der Waals surface area contributed by atoms with Crippen LogP contribution in [0.15, 0.2) is 4.47 Å². The molecule has 0 saturated carbocycles. The minimum Gasteiger partial charge on any atom is -0.312 e. The maximum Gasteiger partial charge on any atom is 0.0766 e. The first-order chi connectivity index (χ1) is 9.62. The molecule has 1 unspecified atom stereocenters. The summed E-state index contributed by atoms with van der Waals surface area (Å²) in [5.74, 6) is 0. The third-order valence-corrected chi connectivity index (χ3v) is 4.91. The van der Waals surface area contributed by atoms with Crippen molar-refractivity contribution in [2.45, 2.75) is 72.8 Å². The van der Waals surface area contributed by atoms with Gasteiger partial charge in [-0.1, -0.05) is 27.2 Å². The maximum absolute atomic E-state index is 4.63. The predicted octanol–water partition coefficient (Wildman–Crippen LogP) is 4.48. The zero-order valence-corrected chi connectivity index (χ0v) is 16.4. The van der Waals surface area contributed by atoms with E-state index in [1.54, 1.807) is 0 Å². The fraction of sp³-hybridized carbons (Fsp3) is 0.824. The van der Waals surface area contributed by atoms with E-state index in [4.69, 9.17) is 0 Å². The molecule has 0 aromatic carbocycles. The van der Waals surface area contributed by atoms with Crippen molar-refractivity contribution in [1.82, 2.24) is 15.1 Å². The topological polar surface area (TPSA) is 29.9 Å². The van der Waals surface area contributed by atoms with E-state index >= 15 is 0 Å². The minimum absolute atomic E-state index is 0.160. The summed E-state index contributed by atoms with van der Waals surface area (Å²) in [6.45, 7) is 14.5. The summed E-state index contributed by atoms with van der Waals surface area (Å²) in [7, 11) is 2.06. The zero-order chi connectivity index (χ0) is 16.3. The normalized spacial score (nSPS) is 15.2. The minimum atomic E-state index is 0.160. The first kappa shape index (κ1) is 18.7.